The van der Waals surface area contributed by atoms with Gasteiger partial charge in [0.25, 0.3) is 5.56 Å². The summed E-state index contributed by atoms with van der Waals surface area (Å²) >= 11 is 0. The molecule has 0 bridgehead atoms. The number of carbonyl (C=O) groups excluding carboxylic acids is 1. The van der Waals surface area contributed by atoms with E-state index in [9.17, 15) is 14.4 Å². The van der Waals surface area contributed by atoms with Crippen LogP contribution in [0.2, 0.25) is 0 Å². The Balaban J connectivity index is 1.82. The van der Waals surface area contributed by atoms with Crippen LogP contribution in [0.1, 0.15) is 11.1 Å². The molecular formula is C15H15N3O4. The molecule has 1 aliphatic heterocycles. The van der Waals surface area contributed by atoms with Crippen LogP contribution in [0.3, 0.4) is 0 Å². The van der Waals surface area contributed by atoms with Crippen LogP contribution in [0.15, 0.2) is 46.1 Å². The molecule has 1 fully saturated rings. The number of hydrogen-bond donors (Lipinski definition) is 2. The van der Waals surface area contributed by atoms with Crippen molar-refractivity contribution < 1.29 is 9.53 Å². The molecule has 2 heterocycles. The lowest BCUT2D eigenvalue weighted by Crippen LogP contribution is -2.44. The van der Waals surface area contributed by atoms with E-state index in [4.69, 9.17) is 4.74 Å². The lowest BCUT2D eigenvalue weighted by atomic mass is 10.2. The van der Waals surface area contributed by atoms with Crippen molar-refractivity contribution in [2.24, 2.45) is 0 Å². The van der Waals surface area contributed by atoms with Crippen LogP contribution in [0.25, 0.3) is 0 Å². The Morgan fingerprint density at radius 2 is 2.00 bits per heavy atom. The molecule has 0 aliphatic carbocycles. The number of nitrogens with one attached hydrogen (secondary N) is 2. The SMILES string of the molecule is Cc1cn(C2(C(=O)OCc3ccccc3)CN2)c(=O)[nH]c1=O. The molecule has 2 aromatic rings. The smallest absolute Gasteiger partial charge is 0.349 e. The lowest BCUT2D eigenvalue weighted by molar-refractivity contribution is -0.151. The van der Waals surface area contributed by atoms with Crippen molar-refractivity contribution in [1.82, 2.24) is 14.9 Å². The normalized spacial score (nSPS) is 19.7. The highest BCUT2D eigenvalue weighted by Crippen LogP contribution is 2.24. The average Bonchev–Trinajstić information content (AvgIpc) is 3.31. The number of ether oxygens (including phenoxy) is 1. The van der Waals surface area contributed by atoms with Gasteiger partial charge in [-0.15, -0.1) is 0 Å². The van der Waals surface area contributed by atoms with Crippen molar-refractivity contribution in [3.05, 3.63) is 68.5 Å². The number of carbonyl (C=O) groups is 1. The zero-order chi connectivity index (χ0) is 15.7. The number of rotatable bonds is 4. The summed E-state index contributed by atoms with van der Waals surface area (Å²) in [5.41, 5.74) is -1.12. The van der Waals surface area contributed by atoms with Crippen molar-refractivity contribution in [3.8, 4) is 0 Å². The fraction of sp³-hybridized carbons (Fsp3) is 0.267. The third-order valence-corrected chi connectivity index (χ3v) is 3.59. The molecule has 0 radical (unpaired) electrons. The molecule has 2 N–H and O–H groups in total. The third kappa shape index (κ3) is 2.46. The van der Waals surface area contributed by atoms with Crippen LogP contribution in [0.5, 0.6) is 0 Å². The van der Waals surface area contributed by atoms with Crippen LogP contribution in [-0.4, -0.2) is 22.1 Å². The van der Waals surface area contributed by atoms with Gasteiger partial charge in [0, 0.05) is 18.3 Å². The highest BCUT2D eigenvalue weighted by atomic mass is 16.5. The predicted molar refractivity (Wildman–Crippen MR) is 78.3 cm³/mol. The van der Waals surface area contributed by atoms with Gasteiger partial charge in [0.05, 0.1) is 0 Å². The molecule has 1 aromatic heterocycles. The van der Waals surface area contributed by atoms with Gasteiger partial charge in [-0.05, 0) is 12.5 Å². The molecule has 7 nitrogen and oxygen atoms in total. The fourth-order valence-electron chi connectivity index (χ4n) is 2.19. The van der Waals surface area contributed by atoms with Gasteiger partial charge in [-0.2, -0.15) is 0 Å². The van der Waals surface area contributed by atoms with E-state index < -0.39 is 22.9 Å². The fourth-order valence-corrected chi connectivity index (χ4v) is 2.19. The maximum Gasteiger partial charge on any atom is 0.349 e. The summed E-state index contributed by atoms with van der Waals surface area (Å²) < 4.78 is 6.46. The molecule has 1 unspecified atom stereocenters. The van der Waals surface area contributed by atoms with Crippen molar-refractivity contribution in [2.45, 2.75) is 19.2 Å². The highest BCUT2D eigenvalue weighted by Gasteiger charge is 2.54. The topological polar surface area (TPSA) is 103 Å². The first-order valence-electron chi connectivity index (χ1n) is 6.82. The third-order valence-electron chi connectivity index (χ3n) is 3.59. The monoisotopic (exact) mass is 301 g/mol. The maximum absolute atomic E-state index is 12.3. The van der Waals surface area contributed by atoms with Gasteiger partial charge in [0.1, 0.15) is 6.61 Å². The van der Waals surface area contributed by atoms with Gasteiger partial charge in [-0.3, -0.25) is 19.7 Å². The number of aromatic amines is 1. The Bertz CT molecular complexity index is 819. The second-order valence-electron chi connectivity index (χ2n) is 5.22. The van der Waals surface area contributed by atoms with Crippen LogP contribution in [-0.2, 0) is 21.8 Å². The van der Waals surface area contributed by atoms with Gasteiger partial charge in [-0.25, -0.2) is 9.59 Å². The summed E-state index contributed by atoms with van der Waals surface area (Å²) in [6, 6.07) is 9.26. The minimum absolute atomic E-state index is 0.125. The minimum atomic E-state index is -1.22. The Morgan fingerprint density at radius 1 is 1.32 bits per heavy atom. The van der Waals surface area contributed by atoms with Crippen LogP contribution >= 0.6 is 0 Å². The quantitative estimate of drug-likeness (QED) is 0.603. The minimum Gasteiger partial charge on any atom is -0.458 e. The van der Waals surface area contributed by atoms with E-state index in [-0.39, 0.29) is 13.2 Å². The zero-order valence-corrected chi connectivity index (χ0v) is 12.0. The van der Waals surface area contributed by atoms with Gasteiger partial charge in [0.15, 0.2) is 0 Å². The lowest BCUT2D eigenvalue weighted by Gasteiger charge is -2.16. The summed E-state index contributed by atoms with van der Waals surface area (Å²) in [6.07, 6.45) is 1.37. The van der Waals surface area contributed by atoms with E-state index in [1.54, 1.807) is 6.92 Å². The van der Waals surface area contributed by atoms with Crippen LogP contribution in [0.4, 0.5) is 0 Å². The Kier molecular flexibility index (Phi) is 3.42. The number of hydrogen-bond acceptors (Lipinski definition) is 5. The van der Waals surface area contributed by atoms with Gasteiger partial charge in [-0.1, -0.05) is 30.3 Å². The van der Waals surface area contributed by atoms with Gasteiger partial charge < -0.3 is 4.74 Å². The molecule has 0 amide bonds. The van der Waals surface area contributed by atoms with E-state index >= 15 is 0 Å². The highest BCUT2D eigenvalue weighted by molar-refractivity contribution is 5.81. The molecular weight excluding hydrogens is 286 g/mol. The first kappa shape index (κ1) is 14.3. The second-order valence-corrected chi connectivity index (χ2v) is 5.22. The average molecular weight is 301 g/mol. The number of H-pyrrole nitrogens is 1. The molecule has 0 saturated carbocycles. The van der Waals surface area contributed by atoms with E-state index in [0.717, 1.165) is 5.56 Å². The van der Waals surface area contributed by atoms with Crippen LogP contribution < -0.4 is 16.6 Å². The van der Waals surface area contributed by atoms with Crippen molar-refractivity contribution in [3.63, 3.8) is 0 Å². The predicted octanol–water partition coefficient (Wildman–Crippen LogP) is -0.156. The molecule has 1 aromatic carbocycles. The van der Waals surface area contributed by atoms with Crippen molar-refractivity contribution in [2.75, 3.05) is 6.54 Å². The summed E-state index contributed by atoms with van der Waals surface area (Å²) in [7, 11) is 0. The summed E-state index contributed by atoms with van der Waals surface area (Å²) in [5, 5.41) is 2.85. The Labute approximate surface area is 125 Å². The van der Waals surface area contributed by atoms with Crippen molar-refractivity contribution >= 4 is 5.97 Å². The van der Waals surface area contributed by atoms with E-state index in [2.05, 4.69) is 10.3 Å². The summed E-state index contributed by atoms with van der Waals surface area (Å²) in [4.78, 5) is 37.8. The number of nitrogens with zero attached hydrogens (tertiary/aromatic N) is 1. The summed E-state index contributed by atoms with van der Waals surface area (Å²) in [6.45, 7) is 1.98. The Morgan fingerprint density at radius 3 is 2.64 bits per heavy atom. The number of aryl methyl sites for hydroxylation is 1. The van der Waals surface area contributed by atoms with E-state index in [0.29, 0.717) is 5.56 Å². The number of benzene rings is 1. The number of esters is 1. The second kappa shape index (κ2) is 5.27. The molecule has 0 spiro atoms. The largest absolute Gasteiger partial charge is 0.458 e. The first-order chi connectivity index (χ1) is 10.5. The molecule has 1 saturated heterocycles. The maximum atomic E-state index is 12.3. The molecule has 1 atom stereocenters. The first-order valence-corrected chi connectivity index (χ1v) is 6.82. The van der Waals surface area contributed by atoms with Crippen molar-refractivity contribution in [1.29, 1.82) is 0 Å². The Hall–Kier alpha value is -2.67. The molecule has 1 aliphatic rings. The standard InChI is InChI=1S/C15H15N3O4/c1-10-7-18(14(21)17-12(10)19)15(9-16-15)13(20)22-8-11-5-3-2-4-6-11/h2-7,16H,8-9H2,1H3,(H,17,19,21). The summed E-state index contributed by atoms with van der Waals surface area (Å²) in [5.74, 6) is -0.551. The molecule has 22 heavy (non-hydrogen) atoms. The number of aromatic nitrogens is 2. The van der Waals surface area contributed by atoms with Gasteiger partial charge in [0.2, 0.25) is 5.66 Å². The zero-order valence-electron chi connectivity index (χ0n) is 12.0. The molecule has 3 rings (SSSR count). The van der Waals surface area contributed by atoms with Gasteiger partial charge >= 0.3 is 11.7 Å². The van der Waals surface area contributed by atoms with Crippen LogP contribution in [0, 0.1) is 6.92 Å². The van der Waals surface area contributed by atoms with E-state index in [1.807, 2.05) is 30.3 Å². The van der Waals surface area contributed by atoms with E-state index in [1.165, 1.54) is 10.8 Å². The molecule has 7 heteroatoms. The molecule has 114 valence electrons.